The number of halogens is 1. The first-order valence-electron chi connectivity index (χ1n) is 6.09. The van der Waals surface area contributed by atoms with Crippen molar-refractivity contribution in [3.63, 3.8) is 0 Å². The molecule has 2 heterocycles. The third kappa shape index (κ3) is 2.35. The summed E-state index contributed by atoms with van der Waals surface area (Å²) in [4.78, 5) is 5.99. The van der Waals surface area contributed by atoms with E-state index in [9.17, 15) is 0 Å². The molecule has 0 aromatic carbocycles. The number of hydrogen-bond acceptors (Lipinski definition) is 4. The molecule has 1 aliphatic carbocycles. The number of aryl methyl sites for hydroxylation is 2. The van der Waals surface area contributed by atoms with E-state index in [-0.39, 0.29) is 0 Å². The maximum absolute atomic E-state index is 6.08. The summed E-state index contributed by atoms with van der Waals surface area (Å²) in [6.07, 6.45) is 2.32. The van der Waals surface area contributed by atoms with Gasteiger partial charge >= 0.3 is 0 Å². The van der Waals surface area contributed by atoms with Crippen molar-refractivity contribution in [2.24, 2.45) is 0 Å². The molecule has 2 aromatic heterocycles. The molecule has 0 spiro atoms. The minimum atomic E-state index is 0.304. The molecule has 0 radical (unpaired) electrons. The van der Waals surface area contributed by atoms with Crippen LogP contribution in [0.3, 0.4) is 0 Å². The van der Waals surface area contributed by atoms with Crippen LogP contribution in [0, 0.1) is 6.92 Å². The highest BCUT2D eigenvalue weighted by Crippen LogP contribution is 2.40. The van der Waals surface area contributed by atoms with Gasteiger partial charge in [-0.05, 0) is 38.3 Å². The Morgan fingerprint density at radius 1 is 1.56 bits per heavy atom. The van der Waals surface area contributed by atoms with Crippen molar-refractivity contribution < 1.29 is 0 Å². The molecule has 1 N–H and O–H groups in total. The summed E-state index contributed by atoms with van der Waals surface area (Å²) in [5.74, 6) is 0. The van der Waals surface area contributed by atoms with Crippen LogP contribution < -0.4 is 5.32 Å². The Morgan fingerprint density at radius 3 is 3.11 bits per heavy atom. The molecule has 0 saturated heterocycles. The summed E-state index contributed by atoms with van der Waals surface area (Å²) >= 11 is 9.53. The molecule has 0 fully saturated rings. The summed E-state index contributed by atoms with van der Waals surface area (Å²) in [6, 6.07) is 2.85. The predicted molar refractivity (Wildman–Crippen MR) is 78.8 cm³/mol. The zero-order valence-electron chi connectivity index (χ0n) is 10.4. The molecule has 0 aliphatic heterocycles. The highest BCUT2D eigenvalue weighted by Gasteiger charge is 2.26. The zero-order valence-corrected chi connectivity index (χ0v) is 12.8. The predicted octanol–water partition coefficient (Wildman–Crippen LogP) is 4.50. The van der Waals surface area contributed by atoms with Gasteiger partial charge in [0.1, 0.15) is 5.01 Å². The summed E-state index contributed by atoms with van der Waals surface area (Å²) in [5, 5.41) is 6.95. The highest BCUT2D eigenvalue weighted by atomic mass is 35.5. The van der Waals surface area contributed by atoms with Gasteiger partial charge in [0.15, 0.2) is 0 Å². The van der Waals surface area contributed by atoms with Crippen LogP contribution in [0.1, 0.15) is 46.6 Å². The van der Waals surface area contributed by atoms with Gasteiger partial charge in [-0.2, -0.15) is 0 Å². The Bertz CT molecular complexity index is 561. The molecule has 0 bridgehead atoms. The number of rotatable bonds is 3. The van der Waals surface area contributed by atoms with Gasteiger partial charge < -0.3 is 5.32 Å². The number of nitrogens with one attached hydrogen (secondary N) is 1. The van der Waals surface area contributed by atoms with Crippen LogP contribution >= 0.6 is 34.3 Å². The van der Waals surface area contributed by atoms with E-state index in [2.05, 4.69) is 28.7 Å². The first kappa shape index (κ1) is 12.6. The average Bonchev–Trinajstić information content (AvgIpc) is 2.97. The number of aromatic nitrogens is 1. The molecule has 5 heteroatoms. The third-order valence-electron chi connectivity index (χ3n) is 3.31. The molecule has 3 rings (SSSR count). The number of hydrogen-bond donors (Lipinski definition) is 1. The van der Waals surface area contributed by atoms with E-state index in [1.54, 1.807) is 22.7 Å². The Labute approximate surface area is 120 Å². The van der Waals surface area contributed by atoms with E-state index in [4.69, 9.17) is 11.6 Å². The summed E-state index contributed by atoms with van der Waals surface area (Å²) < 4.78 is 0.907. The maximum atomic E-state index is 6.08. The van der Waals surface area contributed by atoms with Gasteiger partial charge in [-0.15, -0.1) is 22.7 Å². The van der Waals surface area contributed by atoms with E-state index in [1.807, 2.05) is 6.92 Å². The van der Waals surface area contributed by atoms with Gasteiger partial charge in [0.25, 0.3) is 0 Å². The lowest BCUT2D eigenvalue weighted by molar-refractivity contribution is 0.463. The average molecular weight is 299 g/mol. The van der Waals surface area contributed by atoms with Crippen LogP contribution in [0.25, 0.3) is 0 Å². The minimum Gasteiger partial charge on any atom is -0.301 e. The monoisotopic (exact) mass is 298 g/mol. The standard InChI is InChI=1S/C13H15ClN2S2/c1-7-6-17-13(15-7)8(2)16-10-3-4-11-9(10)5-12(14)18-11/h5-6,8,10,16H,3-4H2,1-2H3. The molecule has 1 aliphatic rings. The Hall–Kier alpha value is -0.420. The summed E-state index contributed by atoms with van der Waals surface area (Å²) in [5.41, 5.74) is 2.50. The molecule has 2 unspecified atom stereocenters. The lowest BCUT2D eigenvalue weighted by Crippen LogP contribution is -2.22. The van der Waals surface area contributed by atoms with Crippen LogP contribution in [0.5, 0.6) is 0 Å². The molecule has 0 saturated carbocycles. The topological polar surface area (TPSA) is 24.9 Å². The molecular weight excluding hydrogens is 284 g/mol. The summed E-state index contributed by atoms with van der Waals surface area (Å²) in [6.45, 7) is 4.23. The lowest BCUT2D eigenvalue weighted by atomic mass is 10.1. The van der Waals surface area contributed by atoms with Crippen molar-refractivity contribution in [1.29, 1.82) is 0 Å². The second-order valence-electron chi connectivity index (χ2n) is 4.74. The third-order valence-corrected chi connectivity index (χ3v) is 5.79. The van der Waals surface area contributed by atoms with E-state index < -0.39 is 0 Å². The van der Waals surface area contributed by atoms with Crippen molar-refractivity contribution in [3.05, 3.63) is 36.9 Å². The lowest BCUT2D eigenvalue weighted by Gasteiger charge is -2.18. The van der Waals surface area contributed by atoms with Crippen molar-refractivity contribution in [2.45, 2.75) is 38.8 Å². The largest absolute Gasteiger partial charge is 0.301 e. The molecule has 96 valence electrons. The van der Waals surface area contributed by atoms with Crippen LogP contribution in [0.15, 0.2) is 11.4 Å². The van der Waals surface area contributed by atoms with Crippen molar-refractivity contribution in [1.82, 2.24) is 10.3 Å². The highest BCUT2D eigenvalue weighted by molar-refractivity contribution is 7.16. The quantitative estimate of drug-likeness (QED) is 0.902. The first-order chi connectivity index (χ1) is 8.63. The van der Waals surface area contributed by atoms with E-state index in [0.29, 0.717) is 12.1 Å². The van der Waals surface area contributed by atoms with Crippen LogP contribution in [0.2, 0.25) is 4.34 Å². The van der Waals surface area contributed by atoms with Crippen LogP contribution in [0.4, 0.5) is 0 Å². The number of thiazole rings is 1. The fraction of sp³-hybridized carbons (Fsp3) is 0.462. The number of thiophene rings is 1. The van der Waals surface area contributed by atoms with Gasteiger partial charge in [-0.3, -0.25) is 0 Å². The van der Waals surface area contributed by atoms with E-state index in [0.717, 1.165) is 16.5 Å². The Kier molecular flexibility index (Phi) is 3.45. The van der Waals surface area contributed by atoms with Gasteiger partial charge in [0.05, 0.1) is 10.4 Å². The second kappa shape index (κ2) is 4.93. The minimum absolute atomic E-state index is 0.304. The normalized spacial score (nSPS) is 20.1. The number of nitrogens with zero attached hydrogens (tertiary/aromatic N) is 1. The zero-order chi connectivity index (χ0) is 12.7. The van der Waals surface area contributed by atoms with Crippen LogP contribution in [-0.4, -0.2) is 4.98 Å². The van der Waals surface area contributed by atoms with Gasteiger partial charge in [-0.25, -0.2) is 4.98 Å². The number of fused-ring (bicyclic) bond motifs is 1. The van der Waals surface area contributed by atoms with E-state index >= 15 is 0 Å². The fourth-order valence-corrected chi connectivity index (χ4v) is 4.62. The summed E-state index contributed by atoms with van der Waals surface area (Å²) in [7, 11) is 0. The van der Waals surface area contributed by atoms with Crippen molar-refractivity contribution in [2.75, 3.05) is 0 Å². The SMILES string of the molecule is Cc1csc(C(C)NC2CCc3sc(Cl)cc32)n1. The molecule has 2 aromatic rings. The van der Waals surface area contributed by atoms with Gasteiger partial charge in [0, 0.05) is 22.0 Å². The van der Waals surface area contributed by atoms with Crippen LogP contribution in [-0.2, 0) is 6.42 Å². The van der Waals surface area contributed by atoms with Gasteiger partial charge in [0.2, 0.25) is 0 Å². The van der Waals surface area contributed by atoms with Crippen molar-refractivity contribution in [3.8, 4) is 0 Å². The fourth-order valence-electron chi connectivity index (χ4n) is 2.45. The Morgan fingerprint density at radius 2 is 2.39 bits per heavy atom. The van der Waals surface area contributed by atoms with Crippen molar-refractivity contribution >= 4 is 34.3 Å². The Balaban J connectivity index is 1.74. The molecule has 2 nitrogen and oxygen atoms in total. The van der Waals surface area contributed by atoms with E-state index in [1.165, 1.54) is 21.9 Å². The molecular formula is C13H15ClN2S2. The molecule has 18 heavy (non-hydrogen) atoms. The first-order valence-corrected chi connectivity index (χ1v) is 8.17. The maximum Gasteiger partial charge on any atom is 0.110 e. The smallest absolute Gasteiger partial charge is 0.110 e. The molecule has 2 atom stereocenters. The second-order valence-corrected chi connectivity index (χ2v) is 7.39. The van der Waals surface area contributed by atoms with Gasteiger partial charge in [-0.1, -0.05) is 11.6 Å². The molecule has 0 amide bonds.